The van der Waals surface area contributed by atoms with Gasteiger partial charge in [-0.25, -0.2) is 0 Å². The number of hydrogen-bond donors (Lipinski definition) is 3. The van der Waals surface area contributed by atoms with E-state index in [9.17, 15) is 4.79 Å². The highest BCUT2D eigenvalue weighted by molar-refractivity contribution is 5.94. The normalized spacial score (nSPS) is 21.7. The molecule has 0 spiro atoms. The second kappa shape index (κ2) is 3.62. The van der Waals surface area contributed by atoms with Crippen LogP contribution < -0.4 is 10.6 Å². The molecule has 1 saturated heterocycles. The Morgan fingerprint density at radius 1 is 1.62 bits per heavy atom. The van der Waals surface area contributed by atoms with Crippen LogP contribution in [-0.2, 0) is 4.79 Å². The Morgan fingerprint density at radius 3 is 3.15 bits per heavy atom. The van der Waals surface area contributed by atoms with Gasteiger partial charge in [0.15, 0.2) is 0 Å². The molecule has 1 aromatic heterocycles. The molecule has 2 heterocycles. The fourth-order valence-electron chi connectivity index (χ4n) is 1.54. The Balaban J connectivity index is 1.91. The lowest BCUT2D eigenvalue weighted by molar-refractivity contribution is -0.117. The van der Waals surface area contributed by atoms with E-state index in [0.717, 1.165) is 25.1 Å². The van der Waals surface area contributed by atoms with E-state index in [1.807, 2.05) is 6.07 Å². The van der Waals surface area contributed by atoms with E-state index in [2.05, 4.69) is 15.6 Å². The second-order valence-electron chi connectivity index (χ2n) is 3.24. The molecule has 4 heteroatoms. The van der Waals surface area contributed by atoms with Gasteiger partial charge in [-0.15, -0.1) is 0 Å². The smallest absolute Gasteiger partial charge is 0.241 e. The fraction of sp³-hybridized carbons (Fsp3) is 0.444. The molecule has 4 nitrogen and oxygen atoms in total. The van der Waals surface area contributed by atoms with Crippen LogP contribution in [0, 0.1) is 0 Å². The topological polar surface area (TPSA) is 56.9 Å². The van der Waals surface area contributed by atoms with Crippen molar-refractivity contribution in [2.24, 2.45) is 0 Å². The average molecular weight is 179 g/mol. The lowest BCUT2D eigenvalue weighted by Crippen LogP contribution is -2.35. The first-order valence-corrected chi connectivity index (χ1v) is 4.53. The first-order chi connectivity index (χ1) is 6.36. The van der Waals surface area contributed by atoms with Crippen LogP contribution in [0.1, 0.15) is 12.8 Å². The minimum atomic E-state index is -0.00472. The van der Waals surface area contributed by atoms with Crippen LogP contribution in [0.4, 0.5) is 5.69 Å². The predicted octanol–water partition coefficient (Wildman–Crippen LogP) is 0.705. The molecule has 0 aliphatic carbocycles. The van der Waals surface area contributed by atoms with Crippen LogP contribution in [0.15, 0.2) is 18.5 Å². The summed E-state index contributed by atoms with van der Waals surface area (Å²) in [4.78, 5) is 14.4. The van der Waals surface area contributed by atoms with Gasteiger partial charge < -0.3 is 15.6 Å². The summed E-state index contributed by atoms with van der Waals surface area (Å²) in [5.41, 5.74) is 0.832. The quantitative estimate of drug-likeness (QED) is 0.626. The van der Waals surface area contributed by atoms with Crippen LogP contribution in [0.5, 0.6) is 0 Å². The van der Waals surface area contributed by atoms with Gasteiger partial charge in [-0.2, -0.15) is 0 Å². The Bertz CT molecular complexity index is 275. The van der Waals surface area contributed by atoms with Gasteiger partial charge in [0.25, 0.3) is 0 Å². The zero-order valence-corrected chi connectivity index (χ0v) is 7.34. The number of nitrogens with one attached hydrogen (secondary N) is 3. The number of hydrogen-bond acceptors (Lipinski definition) is 2. The Labute approximate surface area is 76.7 Å². The first kappa shape index (κ1) is 8.31. The second-order valence-corrected chi connectivity index (χ2v) is 3.24. The number of aromatic nitrogens is 1. The summed E-state index contributed by atoms with van der Waals surface area (Å²) in [5, 5.41) is 5.98. The largest absolute Gasteiger partial charge is 0.366 e. The third kappa shape index (κ3) is 1.89. The van der Waals surface area contributed by atoms with Crippen molar-refractivity contribution in [2.45, 2.75) is 18.9 Å². The molecule has 0 saturated carbocycles. The maximum absolute atomic E-state index is 11.5. The molecule has 2 rings (SSSR count). The van der Waals surface area contributed by atoms with E-state index in [4.69, 9.17) is 0 Å². The standard InChI is InChI=1S/C9H13N3O/c13-9(8-2-1-4-11-8)12-7-3-5-10-6-7/h3,5-6,8,10-11H,1-2,4H2,(H,12,13). The SMILES string of the molecule is O=C(Nc1cc[nH]c1)C1CCCN1. The van der Waals surface area contributed by atoms with Crippen molar-refractivity contribution in [1.29, 1.82) is 0 Å². The van der Waals surface area contributed by atoms with E-state index in [1.165, 1.54) is 0 Å². The van der Waals surface area contributed by atoms with E-state index in [0.29, 0.717) is 0 Å². The molecule has 1 fully saturated rings. The molecular weight excluding hydrogens is 166 g/mol. The van der Waals surface area contributed by atoms with E-state index in [1.54, 1.807) is 12.4 Å². The summed E-state index contributed by atoms with van der Waals surface area (Å²) < 4.78 is 0. The zero-order chi connectivity index (χ0) is 9.10. The Hall–Kier alpha value is -1.29. The summed E-state index contributed by atoms with van der Waals surface area (Å²) in [6, 6.07) is 1.84. The Morgan fingerprint density at radius 2 is 2.54 bits per heavy atom. The van der Waals surface area contributed by atoms with E-state index >= 15 is 0 Å². The highest BCUT2D eigenvalue weighted by atomic mass is 16.2. The molecule has 0 radical (unpaired) electrons. The van der Waals surface area contributed by atoms with Crippen molar-refractivity contribution >= 4 is 11.6 Å². The zero-order valence-electron chi connectivity index (χ0n) is 7.34. The summed E-state index contributed by atoms with van der Waals surface area (Å²) in [5.74, 6) is 0.0668. The van der Waals surface area contributed by atoms with Gasteiger partial charge in [0.1, 0.15) is 0 Å². The molecule has 1 amide bonds. The molecule has 0 bridgehead atoms. The summed E-state index contributed by atoms with van der Waals surface area (Å²) in [6.07, 6.45) is 5.59. The molecule has 3 N–H and O–H groups in total. The van der Waals surface area contributed by atoms with Crippen molar-refractivity contribution < 1.29 is 4.79 Å². The highest BCUT2D eigenvalue weighted by Gasteiger charge is 2.21. The molecule has 70 valence electrons. The molecule has 13 heavy (non-hydrogen) atoms. The summed E-state index contributed by atoms with van der Waals surface area (Å²) in [7, 11) is 0. The number of H-pyrrole nitrogens is 1. The molecule has 0 aromatic carbocycles. The highest BCUT2D eigenvalue weighted by Crippen LogP contribution is 2.09. The number of amides is 1. The van der Waals surface area contributed by atoms with Crippen LogP contribution in [-0.4, -0.2) is 23.5 Å². The lowest BCUT2D eigenvalue weighted by Gasteiger charge is -2.09. The van der Waals surface area contributed by atoms with Crippen molar-refractivity contribution in [3.63, 3.8) is 0 Å². The van der Waals surface area contributed by atoms with Gasteiger partial charge >= 0.3 is 0 Å². The number of rotatable bonds is 2. The monoisotopic (exact) mass is 179 g/mol. The summed E-state index contributed by atoms with van der Waals surface area (Å²) >= 11 is 0. The van der Waals surface area contributed by atoms with Gasteiger partial charge in [-0.05, 0) is 25.5 Å². The van der Waals surface area contributed by atoms with E-state index < -0.39 is 0 Å². The third-order valence-electron chi connectivity index (χ3n) is 2.24. The average Bonchev–Trinajstić information content (AvgIpc) is 2.74. The molecule has 1 aromatic rings. The molecular formula is C9H13N3O. The lowest BCUT2D eigenvalue weighted by atomic mass is 10.2. The molecule has 1 aliphatic rings. The number of anilines is 1. The number of aromatic amines is 1. The predicted molar refractivity (Wildman–Crippen MR) is 50.4 cm³/mol. The van der Waals surface area contributed by atoms with Crippen molar-refractivity contribution in [1.82, 2.24) is 10.3 Å². The minimum absolute atomic E-state index is 0.00472. The van der Waals surface area contributed by atoms with Crippen LogP contribution >= 0.6 is 0 Å². The van der Waals surface area contributed by atoms with Crippen LogP contribution in [0.2, 0.25) is 0 Å². The molecule has 1 unspecified atom stereocenters. The maximum Gasteiger partial charge on any atom is 0.241 e. The third-order valence-corrected chi connectivity index (χ3v) is 2.24. The van der Waals surface area contributed by atoms with Gasteiger partial charge in [-0.1, -0.05) is 0 Å². The van der Waals surface area contributed by atoms with Gasteiger partial charge in [-0.3, -0.25) is 4.79 Å². The summed E-state index contributed by atoms with van der Waals surface area (Å²) in [6.45, 7) is 0.950. The molecule has 1 aliphatic heterocycles. The van der Waals surface area contributed by atoms with E-state index in [-0.39, 0.29) is 11.9 Å². The maximum atomic E-state index is 11.5. The van der Waals surface area contributed by atoms with Crippen molar-refractivity contribution in [3.05, 3.63) is 18.5 Å². The van der Waals surface area contributed by atoms with Crippen molar-refractivity contribution in [3.8, 4) is 0 Å². The van der Waals surface area contributed by atoms with Crippen molar-refractivity contribution in [2.75, 3.05) is 11.9 Å². The first-order valence-electron chi connectivity index (χ1n) is 4.53. The number of carbonyl (C=O) groups excluding carboxylic acids is 1. The Kier molecular flexibility index (Phi) is 2.31. The molecule has 1 atom stereocenters. The minimum Gasteiger partial charge on any atom is -0.366 e. The van der Waals surface area contributed by atoms with Gasteiger partial charge in [0, 0.05) is 12.4 Å². The van der Waals surface area contributed by atoms with Gasteiger partial charge in [0.05, 0.1) is 11.7 Å². The van der Waals surface area contributed by atoms with Crippen LogP contribution in [0.25, 0.3) is 0 Å². The fourth-order valence-corrected chi connectivity index (χ4v) is 1.54. The number of carbonyl (C=O) groups is 1. The van der Waals surface area contributed by atoms with Crippen LogP contribution in [0.3, 0.4) is 0 Å². The van der Waals surface area contributed by atoms with Gasteiger partial charge in [0.2, 0.25) is 5.91 Å².